The van der Waals surface area contributed by atoms with Crippen molar-refractivity contribution < 1.29 is 14.6 Å². The van der Waals surface area contributed by atoms with Crippen LogP contribution in [0.4, 0.5) is 0 Å². The van der Waals surface area contributed by atoms with Gasteiger partial charge in [0.15, 0.2) is 5.78 Å². The highest BCUT2D eigenvalue weighted by Gasteiger charge is 2.69. The molecule has 0 aromatic carbocycles. The lowest BCUT2D eigenvalue weighted by atomic mass is 9.59. The Kier molecular flexibility index (Phi) is 2.70. The summed E-state index contributed by atoms with van der Waals surface area (Å²) < 4.78 is 0. The van der Waals surface area contributed by atoms with E-state index in [1.807, 2.05) is 11.3 Å². The Labute approximate surface area is 124 Å². The molecule has 4 bridgehead atoms. The van der Waals surface area contributed by atoms with Gasteiger partial charge in [-0.25, -0.2) is 0 Å². The van der Waals surface area contributed by atoms with E-state index in [0.717, 1.165) is 39.0 Å². The summed E-state index contributed by atoms with van der Waals surface area (Å²) in [6.07, 6.45) is 2.80. The Balaban J connectivity index is 1.74. The van der Waals surface area contributed by atoms with Gasteiger partial charge in [0.05, 0.1) is 0 Å². The fraction of sp³-hybridized carbons (Fsp3) is 0.688. The monoisotopic (exact) mass is 292 g/mol. The summed E-state index contributed by atoms with van der Waals surface area (Å²) in [6, 6.07) is 4.45. The van der Waals surface area contributed by atoms with E-state index < -0.39 is 0 Å². The molecule has 2 unspecified atom stereocenters. The van der Waals surface area contributed by atoms with Crippen molar-refractivity contribution >= 4 is 17.1 Å². The lowest BCUT2D eigenvalue weighted by Crippen LogP contribution is -3.41. The van der Waals surface area contributed by atoms with Crippen molar-refractivity contribution in [2.45, 2.75) is 32.9 Å². The van der Waals surface area contributed by atoms with Gasteiger partial charge in [0.25, 0.3) is 0 Å². The van der Waals surface area contributed by atoms with Crippen molar-refractivity contribution in [3.63, 3.8) is 0 Å². The molecular weight excluding hydrogens is 268 g/mol. The van der Waals surface area contributed by atoms with E-state index in [2.05, 4.69) is 31.4 Å². The third kappa shape index (κ3) is 1.56. The van der Waals surface area contributed by atoms with Gasteiger partial charge in [0, 0.05) is 0 Å². The highest BCUT2D eigenvalue weighted by Crippen LogP contribution is 2.39. The first-order valence-electron chi connectivity index (χ1n) is 7.85. The average Bonchev–Trinajstić information content (AvgIpc) is 2.88. The molecule has 4 heteroatoms. The van der Waals surface area contributed by atoms with Crippen LogP contribution in [0.25, 0.3) is 0 Å². The number of ketones is 1. The van der Waals surface area contributed by atoms with Gasteiger partial charge >= 0.3 is 0 Å². The Hall–Kier alpha value is -0.710. The van der Waals surface area contributed by atoms with Crippen LogP contribution in [0.15, 0.2) is 17.5 Å². The zero-order chi connectivity index (χ0) is 14.0. The zero-order valence-corrected chi connectivity index (χ0v) is 13.2. The Morgan fingerprint density at radius 3 is 2.55 bits per heavy atom. The van der Waals surface area contributed by atoms with Gasteiger partial charge in [-0.15, -0.1) is 11.3 Å². The first-order chi connectivity index (χ1) is 9.58. The summed E-state index contributed by atoms with van der Waals surface area (Å²) in [4.78, 5) is 17.8. The van der Waals surface area contributed by atoms with Crippen LogP contribution < -0.4 is 9.80 Å². The second kappa shape index (κ2) is 4.15. The van der Waals surface area contributed by atoms with Gasteiger partial charge in [-0.3, -0.25) is 14.6 Å². The summed E-state index contributed by atoms with van der Waals surface area (Å²) in [5, 5.41) is 2.19. The van der Waals surface area contributed by atoms with Crippen molar-refractivity contribution in [1.29, 1.82) is 0 Å². The SMILES string of the molecule is CCCC12C[NH+]3CC(C)(C[NH+](C1)C3c1cccs1)C2=O. The van der Waals surface area contributed by atoms with Gasteiger partial charge in [-0.1, -0.05) is 19.4 Å². The topological polar surface area (TPSA) is 26.0 Å². The lowest BCUT2D eigenvalue weighted by molar-refractivity contribution is -1.18. The molecule has 5 heterocycles. The fourth-order valence-electron chi connectivity index (χ4n) is 5.41. The van der Waals surface area contributed by atoms with Crippen molar-refractivity contribution in [3.05, 3.63) is 22.4 Å². The van der Waals surface area contributed by atoms with E-state index in [1.165, 1.54) is 4.88 Å². The van der Waals surface area contributed by atoms with Crippen molar-refractivity contribution in [2.24, 2.45) is 10.8 Å². The number of carbonyl (C=O) groups is 1. The van der Waals surface area contributed by atoms with Gasteiger partial charge in [-0.2, -0.15) is 0 Å². The summed E-state index contributed by atoms with van der Waals surface area (Å²) >= 11 is 1.89. The second-order valence-electron chi connectivity index (χ2n) is 7.39. The highest BCUT2D eigenvalue weighted by atomic mass is 32.1. The molecule has 0 radical (unpaired) electrons. The molecule has 5 rings (SSSR count). The Morgan fingerprint density at radius 1 is 1.30 bits per heavy atom. The molecule has 0 saturated carbocycles. The molecule has 2 N–H and O–H groups in total. The number of carbonyl (C=O) groups excluding carboxylic acids is 1. The molecule has 1 aromatic heterocycles. The molecule has 1 aromatic rings. The van der Waals surface area contributed by atoms with Crippen molar-refractivity contribution in [3.8, 4) is 0 Å². The number of hydrogen-bond acceptors (Lipinski definition) is 2. The molecule has 4 aliphatic rings. The summed E-state index contributed by atoms with van der Waals surface area (Å²) in [5.74, 6) is 0.587. The van der Waals surface area contributed by atoms with Crippen LogP contribution in [0, 0.1) is 10.8 Å². The van der Waals surface area contributed by atoms with E-state index in [9.17, 15) is 4.79 Å². The third-order valence-electron chi connectivity index (χ3n) is 5.77. The molecule has 4 saturated heterocycles. The maximum Gasteiger partial charge on any atom is 0.249 e. The number of thiophene rings is 1. The van der Waals surface area contributed by atoms with E-state index in [4.69, 9.17) is 0 Å². The molecule has 2 atom stereocenters. The quantitative estimate of drug-likeness (QED) is 0.801. The van der Waals surface area contributed by atoms with Crippen LogP contribution in [-0.2, 0) is 4.79 Å². The Bertz CT molecular complexity index is 523. The lowest BCUT2D eigenvalue weighted by Gasteiger charge is -2.59. The first kappa shape index (κ1) is 13.0. The fourth-order valence-corrected chi connectivity index (χ4v) is 6.35. The normalized spacial score (nSPS) is 46.1. The van der Waals surface area contributed by atoms with Crippen LogP contribution in [0.5, 0.6) is 0 Å². The standard InChI is InChI=1S/C16H22N2OS/c1-3-6-16-10-17-8-15(2,14(16)19)9-18(11-16)13(17)12-5-4-7-20-12/h4-5,7,13H,3,6,8-11H2,1-2H3/p+2. The number of Topliss-reactive ketones (excluding diaryl/α,β-unsaturated/α-hetero) is 1. The minimum Gasteiger partial charge on any atom is -0.297 e. The van der Waals surface area contributed by atoms with Gasteiger partial charge in [0.2, 0.25) is 6.17 Å². The molecule has 0 aliphatic carbocycles. The maximum atomic E-state index is 13.0. The minimum absolute atomic E-state index is 0.0155. The second-order valence-corrected chi connectivity index (χ2v) is 8.37. The molecule has 0 amide bonds. The predicted molar refractivity (Wildman–Crippen MR) is 78.9 cm³/mol. The minimum atomic E-state index is -0.0654. The summed E-state index contributed by atoms with van der Waals surface area (Å²) in [7, 11) is 0. The van der Waals surface area contributed by atoms with Gasteiger partial charge < -0.3 is 0 Å². The molecule has 3 nitrogen and oxygen atoms in total. The van der Waals surface area contributed by atoms with Gasteiger partial charge in [-0.05, 0) is 24.8 Å². The average molecular weight is 292 g/mol. The van der Waals surface area contributed by atoms with Crippen molar-refractivity contribution in [1.82, 2.24) is 0 Å². The summed E-state index contributed by atoms with van der Waals surface area (Å²) in [6.45, 7) is 8.68. The molecule has 20 heavy (non-hydrogen) atoms. The largest absolute Gasteiger partial charge is 0.297 e. The smallest absolute Gasteiger partial charge is 0.249 e. The van der Waals surface area contributed by atoms with E-state index in [-0.39, 0.29) is 10.8 Å². The molecular formula is C16H24N2OS+2. The zero-order valence-electron chi connectivity index (χ0n) is 12.4. The van der Waals surface area contributed by atoms with Crippen LogP contribution >= 0.6 is 11.3 Å². The molecule has 4 aliphatic heterocycles. The predicted octanol–water partition coefficient (Wildman–Crippen LogP) is -0.0808. The number of quaternary nitrogens is 2. The third-order valence-corrected chi connectivity index (χ3v) is 6.71. The van der Waals surface area contributed by atoms with Crippen LogP contribution in [0.1, 0.15) is 37.7 Å². The number of piperidine rings is 2. The van der Waals surface area contributed by atoms with Gasteiger partial charge in [0.1, 0.15) is 41.9 Å². The van der Waals surface area contributed by atoms with Crippen LogP contribution in [-0.4, -0.2) is 32.0 Å². The number of hydrogen-bond donors (Lipinski definition) is 2. The first-order valence-corrected chi connectivity index (χ1v) is 8.73. The van der Waals surface area contributed by atoms with Crippen molar-refractivity contribution in [2.75, 3.05) is 26.2 Å². The van der Waals surface area contributed by atoms with E-state index in [1.54, 1.807) is 9.80 Å². The Morgan fingerprint density at radius 2 is 2.00 bits per heavy atom. The summed E-state index contributed by atoms with van der Waals surface area (Å²) in [5.41, 5.74) is -0.0808. The molecule has 4 fully saturated rings. The number of nitrogens with one attached hydrogen (secondary N) is 2. The van der Waals surface area contributed by atoms with Crippen LogP contribution in [0.3, 0.4) is 0 Å². The maximum absolute atomic E-state index is 13.0. The highest BCUT2D eigenvalue weighted by molar-refractivity contribution is 7.09. The number of rotatable bonds is 3. The van der Waals surface area contributed by atoms with E-state index in [0.29, 0.717) is 11.9 Å². The van der Waals surface area contributed by atoms with Crippen LogP contribution in [0.2, 0.25) is 0 Å². The molecule has 0 spiro atoms. The van der Waals surface area contributed by atoms with E-state index >= 15 is 0 Å². The molecule has 108 valence electrons.